The summed E-state index contributed by atoms with van der Waals surface area (Å²) in [5.74, 6) is -0.268. The Bertz CT molecular complexity index is 1000. The minimum absolute atomic E-state index is 0.0958. The SMILES string of the molecule is CCCn1c(=O)n(CCC(=O)NCCNC(=O)c2ccco2)c2ccccc21. The number of nitrogens with zero attached hydrogens (tertiary/aromatic N) is 2. The molecule has 0 aliphatic rings. The van der Waals surface area contributed by atoms with Crippen LogP contribution in [0.4, 0.5) is 0 Å². The zero-order valence-electron chi connectivity index (χ0n) is 15.8. The summed E-state index contributed by atoms with van der Waals surface area (Å²) in [5.41, 5.74) is 1.62. The van der Waals surface area contributed by atoms with Crippen molar-refractivity contribution in [1.82, 2.24) is 19.8 Å². The van der Waals surface area contributed by atoms with Crippen LogP contribution in [0.15, 0.2) is 51.9 Å². The van der Waals surface area contributed by atoms with Gasteiger partial charge in [-0.2, -0.15) is 0 Å². The molecule has 2 amide bonds. The van der Waals surface area contributed by atoms with Gasteiger partial charge in [-0.05, 0) is 30.7 Å². The molecule has 3 aromatic rings. The second-order valence-electron chi connectivity index (χ2n) is 6.41. The second-order valence-corrected chi connectivity index (χ2v) is 6.41. The minimum atomic E-state index is -0.325. The number of carbonyl (C=O) groups is 2. The molecule has 0 spiro atoms. The quantitative estimate of drug-likeness (QED) is 0.549. The molecule has 3 rings (SSSR count). The highest BCUT2D eigenvalue weighted by Crippen LogP contribution is 2.13. The van der Waals surface area contributed by atoms with E-state index in [0.29, 0.717) is 26.2 Å². The number of para-hydroxylation sites is 2. The van der Waals surface area contributed by atoms with Gasteiger partial charge in [-0.15, -0.1) is 0 Å². The molecule has 0 unspecified atom stereocenters. The first-order valence-electron chi connectivity index (χ1n) is 9.38. The lowest BCUT2D eigenvalue weighted by Crippen LogP contribution is -2.35. The maximum Gasteiger partial charge on any atom is 0.329 e. The summed E-state index contributed by atoms with van der Waals surface area (Å²) in [7, 11) is 0. The number of hydrogen-bond acceptors (Lipinski definition) is 4. The Kier molecular flexibility index (Phi) is 6.31. The van der Waals surface area contributed by atoms with Gasteiger partial charge in [0, 0.05) is 32.6 Å². The van der Waals surface area contributed by atoms with E-state index < -0.39 is 0 Å². The fourth-order valence-electron chi connectivity index (χ4n) is 3.10. The van der Waals surface area contributed by atoms with E-state index in [-0.39, 0.29) is 29.7 Å². The third-order valence-electron chi connectivity index (χ3n) is 4.41. The fraction of sp³-hybridized carbons (Fsp3) is 0.350. The molecule has 0 saturated carbocycles. The van der Waals surface area contributed by atoms with E-state index in [0.717, 1.165) is 17.5 Å². The number of benzene rings is 1. The van der Waals surface area contributed by atoms with Crippen molar-refractivity contribution in [2.45, 2.75) is 32.9 Å². The van der Waals surface area contributed by atoms with Gasteiger partial charge in [0.1, 0.15) is 0 Å². The third kappa shape index (κ3) is 4.33. The highest BCUT2D eigenvalue weighted by molar-refractivity contribution is 5.91. The molecule has 148 valence electrons. The van der Waals surface area contributed by atoms with E-state index in [1.807, 2.05) is 31.2 Å². The average molecular weight is 384 g/mol. The van der Waals surface area contributed by atoms with Crippen molar-refractivity contribution in [3.63, 3.8) is 0 Å². The number of carbonyl (C=O) groups excluding carboxylic acids is 2. The van der Waals surface area contributed by atoms with Crippen molar-refractivity contribution >= 4 is 22.8 Å². The van der Waals surface area contributed by atoms with Gasteiger partial charge in [-0.25, -0.2) is 4.79 Å². The van der Waals surface area contributed by atoms with E-state index in [9.17, 15) is 14.4 Å². The van der Waals surface area contributed by atoms with Gasteiger partial charge < -0.3 is 15.1 Å². The highest BCUT2D eigenvalue weighted by atomic mass is 16.3. The standard InChI is InChI=1S/C20H24N4O4/c1-2-12-23-15-6-3-4-7-16(15)24(20(23)27)13-9-18(25)21-10-11-22-19(26)17-8-5-14-28-17/h3-8,14H,2,9-13H2,1H3,(H,21,25)(H,22,26). The molecular formula is C20H24N4O4. The van der Waals surface area contributed by atoms with Gasteiger partial charge in [0.25, 0.3) is 5.91 Å². The van der Waals surface area contributed by atoms with Crippen molar-refractivity contribution in [3.05, 3.63) is 58.9 Å². The molecule has 0 radical (unpaired) electrons. The summed E-state index contributed by atoms with van der Waals surface area (Å²) >= 11 is 0. The van der Waals surface area contributed by atoms with Crippen LogP contribution in [-0.4, -0.2) is 34.0 Å². The Morgan fingerprint density at radius 3 is 2.29 bits per heavy atom. The lowest BCUT2D eigenvalue weighted by Gasteiger charge is -2.07. The van der Waals surface area contributed by atoms with Crippen LogP contribution in [0.25, 0.3) is 11.0 Å². The Hall–Kier alpha value is -3.29. The van der Waals surface area contributed by atoms with Crippen LogP contribution in [0.5, 0.6) is 0 Å². The van der Waals surface area contributed by atoms with Gasteiger partial charge in [0.05, 0.1) is 17.3 Å². The zero-order valence-corrected chi connectivity index (χ0v) is 15.8. The first-order chi connectivity index (χ1) is 13.6. The Labute approximate surface area is 162 Å². The Balaban J connectivity index is 1.51. The number of aromatic nitrogens is 2. The molecule has 0 saturated heterocycles. The summed E-state index contributed by atoms with van der Waals surface area (Å²) in [6, 6.07) is 10.8. The largest absolute Gasteiger partial charge is 0.459 e. The first kappa shape index (κ1) is 19.5. The van der Waals surface area contributed by atoms with Gasteiger partial charge in [0.15, 0.2) is 5.76 Å². The molecule has 2 heterocycles. The van der Waals surface area contributed by atoms with Crippen LogP contribution in [-0.2, 0) is 17.9 Å². The maximum atomic E-state index is 12.7. The van der Waals surface area contributed by atoms with Crippen molar-refractivity contribution in [2.24, 2.45) is 0 Å². The molecule has 0 aliphatic heterocycles. The van der Waals surface area contributed by atoms with E-state index in [4.69, 9.17) is 4.42 Å². The molecule has 1 aromatic carbocycles. The van der Waals surface area contributed by atoms with E-state index >= 15 is 0 Å². The predicted molar refractivity (Wildman–Crippen MR) is 105 cm³/mol. The molecule has 0 aliphatic carbocycles. The number of rotatable bonds is 9. The molecule has 2 N–H and O–H groups in total. The van der Waals surface area contributed by atoms with Crippen molar-refractivity contribution in [2.75, 3.05) is 13.1 Å². The van der Waals surface area contributed by atoms with Crippen molar-refractivity contribution < 1.29 is 14.0 Å². The molecule has 0 bridgehead atoms. The van der Waals surface area contributed by atoms with Gasteiger partial charge >= 0.3 is 5.69 Å². The summed E-state index contributed by atoms with van der Waals surface area (Å²) in [4.78, 5) is 36.5. The number of fused-ring (bicyclic) bond motifs is 1. The van der Waals surface area contributed by atoms with Crippen LogP contribution < -0.4 is 16.3 Å². The highest BCUT2D eigenvalue weighted by Gasteiger charge is 2.13. The normalized spacial score (nSPS) is 10.9. The van der Waals surface area contributed by atoms with Gasteiger partial charge in [0.2, 0.25) is 5.91 Å². The molecular weight excluding hydrogens is 360 g/mol. The smallest absolute Gasteiger partial charge is 0.329 e. The summed E-state index contributed by atoms with van der Waals surface area (Å²) in [6.07, 6.45) is 2.47. The molecule has 8 heteroatoms. The number of aryl methyl sites for hydroxylation is 2. The Morgan fingerprint density at radius 2 is 1.64 bits per heavy atom. The molecule has 2 aromatic heterocycles. The van der Waals surface area contributed by atoms with Gasteiger partial charge in [-0.1, -0.05) is 19.1 Å². The number of imidazole rings is 1. The van der Waals surface area contributed by atoms with Crippen molar-refractivity contribution in [1.29, 1.82) is 0 Å². The van der Waals surface area contributed by atoms with E-state index in [2.05, 4.69) is 10.6 Å². The second kappa shape index (κ2) is 9.07. The third-order valence-corrected chi connectivity index (χ3v) is 4.41. The number of amides is 2. The number of nitrogens with one attached hydrogen (secondary N) is 2. The first-order valence-corrected chi connectivity index (χ1v) is 9.38. The topological polar surface area (TPSA) is 98.3 Å². The van der Waals surface area contributed by atoms with Crippen LogP contribution in [0, 0.1) is 0 Å². The molecule has 0 fully saturated rings. The summed E-state index contributed by atoms with van der Waals surface area (Å²) in [5, 5.41) is 5.41. The molecule has 28 heavy (non-hydrogen) atoms. The van der Waals surface area contributed by atoms with Gasteiger partial charge in [-0.3, -0.25) is 18.7 Å². The summed E-state index contributed by atoms with van der Waals surface area (Å²) < 4.78 is 8.38. The van der Waals surface area contributed by atoms with Crippen LogP contribution in [0.3, 0.4) is 0 Å². The Morgan fingerprint density at radius 1 is 0.964 bits per heavy atom. The maximum absolute atomic E-state index is 12.7. The fourth-order valence-corrected chi connectivity index (χ4v) is 3.10. The predicted octanol–water partition coefficient (Wildman–Crippen LogP) is 1.74. The monoisotopic (exact) mass is 384 g/mol. The average Bonchev–Trinajstić information content (AvgIpc) is 3.32. The lowest BCUT2D eigenvalue weighted by atomic mass is 10.3. The number of furan rings is 1. The summed E-state index contributed by atoms with van der Waals surface area (Å²) in [6.45, 7) is 3.57. The van der Waals surface area contributed by atoms with E-state index in [1.54, 1.807) is 21.3 Å². The minimum Gasteiger partial charge on any atom is -0.459 e. The van der Waals surface area contributed by atoms with E-state index in [1.165, 1.54) is 6.26 Å². The van der Waals surface area contributed by atoms with Crippen molar-refractivity contribution in [3.8, 4) is 0 Å². The van der Waals surface area contributed by atoms with Crippen LogP contribution >= 0.6 is 0 Å². The number of hydrogen-bond donors (Lipinski definition) is 2. The molecule has 8 nitrogen and oxygen atoms in total. The lowest BCUT2D eigenvalue weighted by molar-refractivity contribution is -0.121. The molecule has 0 atom stereocenters. The van der Waals surface area contributed by atoms with Crippen LogP contribution in [0.2, 0.25) is 0 Å². The van der Waals surface area contributed by atoms with Crippen LogP contribution in [0.1, 0.15) is 30.3 Å². The zero-order chi connectivity index (χ0) is 19.9.